The molecule has 0 atom stereocenters. The highest BCUT2D eigenvalue weighted by molar-refractivity contribution is 5.98. The molecule has 1 nitrogen and oxygen atoms in total. The fourth-order valence-corrected chi connectivity index (χ4v) is 7.48. The number of rotatable bonds is 8. The predicted octanol–water partition coefficient (Wildman–Crippen LogP) is 14.5. The number of allylic oxidation sites excluding steroid dienone is 6. The quantitative estimate of drug-likeness (QED) is 0.150. The van der Waals surface area contributed by atoms with Gasteiger partial charge in [0, 0.05) is 16.8 Å². The first kappa shape index (κ1) is 36.4. The summed E-state index contributed by atoms with van der Waals surface area (Å²) in [7, 11) is 0. The normalized spacial score (nSPS) is 14.0. The molecule has 0 bridgehead atoms. The first-order valence-electron chi connectivity index (χ1n) is 18.3. The smallest absolute Gasteiger partial charge is 0.0537 e. The fourth-order valence-electron chi connectivity index (χ4n) is 7.48. The first-order chi connectivity index (χ1) is 24.0. The molecule has 0 spiro atoms. The Morgan fingerprint density at radius 1 is 0.820 bits per heavy atom. The fraction of sp³-hybridized carbons (Fsp3) is 0.265. The van der Waals surface area contributed by atoms with Gasteiger partial charge in [0.15, 0.2) is 0 Å². The van der Waals surface area contributed by atoms with Crippen LogP contribution in [0.3, 0.4) is 0 Å². The van der Waals surface area contributed by atoms with Crippen molar-refractivity contribution in [1.29, 1.82) is 0 Å². The van der Waals surface area contributed by atoms with E-state index >= 15 is 0 Å². The van der Waals surface area contributed by atoms with Crippen LogP contribution in [0.5, 0.6) is 0 Å². The van der Waals surface area contributed by atoms with E-state index in [1.807, 2.05) is 13.8 Å². The predicted molar refractivity (Wildman–Crippen MR) is 223 cm³/mol. The van der Waals surface area contributed by atoms with Gasteiger partial charge in [0.25, 0.3) is 0 Å². The van der Waals surface area contributed by atoms with Crippen LogP contribution in [-0.2, 0) is 10.8 Å². The molecule has 1 aliphatic rings. The van der Waals surface area contributed by atoms with Crippen molar-refractivity contribution in [2.45, 2.75) is 86.5 Å². The van der Waals surface area contributed by atoms with Crippen molar-refractivity contribution in [2.24, 2.45) is 0 Å². The van der Waals surface area contributed by atoms with Gasteiger partial charge in [0.05, 0.1) is 5.69 Å². The zero-order chi connectivity index (χ0) is 36.2. The summed E-state index contributed by atoms with van der Waals surface area (Å²) >= 11 is 0. The minimum atomic E-state index is -0.208. The molecule has 5 aromatic rings. The van der Waals surface area contributed by atoms with E-state index in [1.54, 1.807) is 0 Å². The van der Waals surface area contributed by atoms with Gasteiger partial charge in [-0.05, 0) is 125 Å². The number of fused-ring (bicyclic) bond motifs is 3. The molecule has 1 aliphatic heterocycles. The second-order valence-electron chi connectivity index (χ2n) is 14.5. The largest absolute Gasteiger partial charge is 0.314 e. The number of aryl methyl sites for hydroxylation is 1. The topological polar surface area (TPSA) is 3.24 Å². The van der Waals surface area contributed by atoms with E-state index in [2.05, 4.69) is 194 Å². The van der Waals surface area contributed by atoms with E-state index < -0.39 is 0 Å². The van der Waals surface area contributed by atoms with E-state index in [4.69, 9.17) is 0 Å². The monoisotopic (exact) mass is 657 g/mol. The van der Waals surface area contributed by atoms with E-state index in [-0.39, 0.29) is 10.8 Å². The molecule has 0 aliphatic carbocycles. The average molecular weight is 658 g/mol. The Morgan fingerprint density at radius 2 is 1.52 bits per heavy atom. The maximum absolute atomic E-state index is 4.54. The van der Waals surface area contributed by atoms with Crippen molar-refractivity contribution in [2.75, 3.05) is 4.90 Å². The summed E-state index contributed by atoms with van der Waals surface area (Å²) in [5, 5.41) is 2.54. The number of hydrogen-bond acceptors (Lipinski definition) is 1. The van der Waals surface area contributed by atoms with Crippen molar-refractivity contribution < 1.29 is 0 Å². The van der Waals surface area contributed by atoms with Crippen LogP contribution >= 0.6 is 0 Å². The third-order valence-electron chi connectivity index (χ3n) is 10.2. The zero-order valence-corrected chi connectivity index (χ0v) is 32.0. The lowest BCUT2D eigenvalue weighted by atomic mass is 9.68. The van der Waals surface area contributed by atoms with Crippen molar-refractivity contribution >= 4 is 33.8 Å². The van der Waals surface area contributed by atoms with Gasteiger partial charge in [0.2, 0.25) is 0 Å². The SMILES string of the molecule is C=C(C)N1c2ccccc2C(C)(C)c2cc(-c3cccc4ccccc34)cc(C(C)(C)C/C=C(\C=C/C)c3ccc(C)c(/C=C\C)c3)c21.CC. The summed E-state index contributed by atoms with van der Waals surface area (Å²) in [6.45, 7) is 26.6. The Balaban J connectivity index is 0.00000239. The molecular formula is C49H55N. The molecule has 1 heterocycles. The number of hydrogen-bond donors (Lipinski definition) is 0. The summed E-state index contributed by atoms with van der Waals surface area (Å²) in [5.74, 6) is 0. The number of nitrogens with zero attached hydrogens (tertiary/aromatic N) is 1. The van der Waals surface area contributed by atoms with Gasteiger partial charge in [-0.15, -0.1) is 0 Å². The molecule has 0 saturated heterocycles. The molecule has 0 unspecified atom stereocenters. The van der Waals surface area contributed by atoms with Crippen LogP contribution < -0.4 is 4.90 Å². The van der Waals surface area contributed by atoms with Crippen LogP contribution in [0.1, 0.15) is 102 Å². The van der Waals surface area contributed by atoms with Gasteiger partial charge in [-0.3, -0.25) is 0 Å². The average Bonchev–Trinajstić information content (AvgIpc) is 3.11. The van der Waals surface area contributed by atoms with Crippen molar-refractivity contribution in [3.8, 4) is 11.1 Å². The second kappa shape index (κ2) is 14.9. The van der Waals surface area contributed by atoms with Gasteiger partial charge in [-0.1, -0.05) is 151 Å². The minimum absolute atomic E-state index is 0.204. The van der Waals surface area contributed by atoms with E-state index in [0.29, 0.717) is 0 Å². The summed E-state index contributed by atoms with van der Waals surface area (Å²) in [6, 6.07) is 36.0. The molecule has 0 fully saturated rings. The lowest BCUT2D eigenvalue weighted by Gasteiger charge is -2.45. The van der Waals surface area contributed by atoms with Crippen molar-refractivity contribution in [1.82, 2.24) is 0 Å². The van der Waals surface area contributed by atoms with E-state index in [9.17, 15) is 0 Å². The Bertz CT molecular complexity index is 2110. The molecule has 0 N–H and O–H groups in total. The van der Waals surface area contributed by atoms with Crippen LogP contribution in [0.15, 0.2) is 134 Å². The van der Waals surface area contributed by atoms with Crippen LogP contribution in [-0.4, -0.2) is 0 Å². The zero-order valence-electron chi connectivity index (χ0n) is 32.0. The molecule has 50 heavy (non-hydrogen) atoms. The highest BCUT2D eigenvalue weighted by atomic mass is 15.2. The third-order valence-corrected chi connectivity index (χ3v) is 10.2. The lowest BCUT2D eigenvalue weighted by Crippen LogP contribution is -2.34. The molecule has 1 heteroatoms. The third kappa shape index (κ3) is 6.79. The van der Waals surface area contributed by atoms with Gasteiger partial charge < -0.3 is 4.90 Å². The summed E-state index contributed by atoms with van der Waals surface area (Å²) in [4.78, 5) is 2.42. The van der Waals surface area contributed by atoms with Gasteiger partial charge >= 0.3 is 0 Å². The Morgan fingerprint density at radius 3 is 2.24 bits per heavy atom. The maximum Gasteiger partial charge on any atom is 0.0537 e. The van der Waals surface area contributed by atoms with Crippen LogP contribution in [0.25, 0.3) is 33.5 Å². The molecule has 6 rings (SSSR count). The second-order valence-corrected chi connectivity index (χ2v) is 14.5. The Labute approximate surface area is 302 Å². The molecule has 0 radical (unpaired) electrons. The van der Waals surface area contributed by atoms with Crippen molar-refractivity contribution in [3.05, 3.63) is 167 Å². The molecule has 0 aromatic heterocycles. The molecule has 5 aromatic carbocycles. The molecular weight excluding hydrogens is 603 g/mol. The first-order valence-corrected chi connectivity index (χ1v) is 18.3. The Hall–Kier alpha value is -4.88. The van der Waals surface area contributed by atoms with E-state index in [0.717, 1.165) is 12.1 Å². The number of benzene rings is 5. The highest BCUT2D eigenvalue weighted by Gasteiger charge is 2.40. The summed E-state index contributed by atoms with van der Waals surface area (Å²) < 4.78 is 0. The molecule has 0 amide bonds. The van der Waals surface area contributed by atoms with Crippen molar-refractivity contribution in [3.63, 3.8) is 0 Å². The number of anilines is 2. The van der Waals surface area contributed by atoms with Crippen LogP contribution in [0.2, 0.25) is 0 Å². The van der Waals surface area contributed by atoms with Crippen LogP contribution in [0.4, 0.5) is 11.4 Å². The Kier molecular flexibility index (Phi) is 10.9. The lowest BCUT2D eigenvalue weighted by molar-refractivity contribution is 0.530. The standard InChI is InChI=1S/C47H49N.C2H6/c1-10-17-34(37-26-25-33(5)36(29-37)18-11-2)27-28-46(6,7)42-30-38(40-22-16-20-35-19-12-13-21-39(35)40)31-43-45(42)48(32(3)4)44-24-15-14-23-41(44)47(43,8)9;1-2/h10-27,29-31H,3,28H2,1-2,4-9H3;1-2H3/b17-10-,18-11-,34-27+;. The van der Waals surface area contributed by atoms with E-state index in [1.165, 1.54) is 72.2 Å². The van der Waals surface area contributed by atoms with Gasteiger partial charge in [-0.25, -0.2) is 0 Å². The molecule has 0 saturated carbocycles. The summed E-state index contributed by atoms with van der Waals surface area (Å²) in [5.41, 5.74) is 14.7. The maximum atomic E-state index is 4.54. The highest BCUT2D eigenvalue weighted by Crippen LogP contribution is 2.55. The van der Waals surface area contributed by atoms with Gasteiger partial charge in [-0.2, -0.15) is 0 Å². The van der Waals surface area contributed by atoms with Gasteiger partial charge in [0.1, 0.15) is 0 Å². The molecule has 256 valence electrons. The minimum Gasteiger partial charge on any atom is -0.314 e. The number of para-hydroxylation sites is 1. The van der Waals surface area contributed by atoms with Crippen LogP contribution in [0, 0.1) is 6.92 Å². The summed E-state index contributed by atoms with van der Waals surface area (Å²) in [6.07, 6.45) is 12.0.